The number of ether oxygens (including phenoxy) is 3. The fourth-order valence-corrected chi connectivity index (χ4v) is 2.92. The minimum absolute atomic E-state index is 0.390. The fourth-order valence-electron chi connectivity index (χ4n) is 2.92. The van der Waals surface area contributed by atoms with Crippen LogP contribution in [-0.4, -0.2) is 24.4 Å². The smallest absolute Gasteiger partial charge is 0.261 e. The van der Waals surface area contributed by atoms with Gasteiger partial charge in [-0.25, -0.2) is 0 Å². The minimum Gasteiger partial charge on any atom is -0.496 e. The van der Waals surface area contributed by atoms with E-state index in [1.54, 1.807) is 20.3 Å². The van der Waals surface area contributed by atoms with Gasteiger partial charge in [-0.1, -0.05) is 29.4 Å². The van der Waals surface area contributed by atoms with Crippen LogP contribution in [0.3, 0.4) is 0 Å². The molecule has 2 aromatic carbocycles. The Kier molecular flexibility index (Phi) is 4.38. The molecule has 27 heavy (non-hydrogen) atoms. The quantitative estimate of drug-likeness (QED) is 0.497. The average molecular weight is 362 g/mol. The molecule has 4 aromatic rings. The van der Waals surface area contributed by atoms with E-state index in [4.69, 9.17) is 18.7 Å². The predicted molar refractivity (Wildman–Crippen MR) is 102 cm³/mol. The van der Waals surface area contributed by atoms with Crippen LogP contribution in [0, 0.1) is 6.92 Å². The molecule has 6 heteroatoms. The fraction of sp³-hybridized carbons (Fsp3) is 0.143. The molecule has 4 rings (SSSR count). The van der Waals surface area contributed by atoms with Gasteiger partial charge in [0.1, 0.15) is 11.4 Å². The molecule has 0 radical (unpaired) electrons. The third-order valence-electron chi connectivity index (χ3n) is 4.28. The minimum atomic E-state index is 0.390. The van der Waals surface area contributed by atoms with Crippen molar-refractivity contribution in [2.45, 2.75) is 6.92 Å². The van der Waals surface area contributed by atoms with E-state index in [1.807, 2.05) is 55.5 Å². The van der Waals surface area contributed by atoms with Crippen molar-refractivity contribution in [1.82, 2.24) is 10.1 Å². The van der Waals surface area contributed by atoms with Crippen LogP contribution in [0.15, 0.2) is 59.1 Å². The standard InChI is InChI=1S/C21H18N2O4/c1-13-7-6-10-17(25-3)20(13)26-18-12-11-15-19(23-27-21(15)22-18)14-8-4-5-9-16(14)24-2/h4-12H,1-3H3. The summed E-state index contributed by atoms with van der Waals surface area (Å²) in [5.41, 5.74) is 2.86. The van der Waals surface area contributed by atoms with Crippen molar-refractivity contribution in [3.8, 4) is 34.4 Å². The molecule has 2 aromatic heterocycles. The number of aryl methyl sites for hydroxylation is 1. The Morgan fingerprint density at radius 2 is 1.63 bits per heavy atom. The lowest BCUT2D eigenvalue weighted by Gasteiger charge is -2.11. The molecular formula is C21H18N2O4. The maximum Gasteiger partial charge on any atom is 0.261 e. The first-order chi connectivity index (χ1) is 13.2. The molecule has 0 unspecified atom stereocenters. The average Bonchev–Trinajstić information content (AvgIpc) is 3.12. The molecule has 0 saturated carbocycles. The SMILES string of the molecule is COc1ccccc1-c1noc2nc(Oc3c(C)cccc3OC)ccc12. The first-order valence-corrected chi connectivity index (χ1v) is 8.42. The Balaban J connectivity index is 1.73. The molecular weight excluding hydrogens is 344 g/mol. The molecule has 0 atom stereocenters. The van der Waals surface area contributed by atoms with Gasteiger partial charge in [0.2, 0.25) is 5.88 Å². The van der Waals surface area contributed by atoms with Gasteiger partial charge in [0.25, 0.3) is 5.71 Å². The molecule has 0 fully saturated rings. The first kappa shape index (κ1) is 16.9. The highest BCUT2D eigenvalue weighted by Crippen LogP contribution is 2.37. The monoisotopic (exact) mass is 362 g/mol. The molecule has 0 N–H and O–H groups in total. The molecule has 136 valence electrons. The second-order valence-corrected chi connectivity index (χ2v) is 5.94. The Bertz CT molecular complexity index is 1100. The van der Waals surface area contributed by atoms with Crippen molar-refractivity contribution in [3.63, 3.8) is 0 Å². The van der Waals surface area contributed by atoms with E-state index in [-0.39, 0.29) is 0 Å². The van der Waals surface area contributed by atoms with Crippen LogP contribution < -0.4 is 14.2 Å². The van der Waals surface area contributed by atoms with Gasteiger partial charge >= 0.3 is 0 Å². The van der Waals surface area contributed by atoms with Gasteiger partial charge in [0, 0.05) is 11.6 Å². The zero-order valence-electron chi connectivity index (χ0n) is 15.2. The van der Waals surface area contributed by atoms with E-state index < -0.39 is 0 Å². The topological polar surface area (TPSA) is 66.6 Å². The number of rotatable bonds is 5. The second-order valence-electron chi connectivity index (χ2n) is 5.94. The number of hydrogen-bond acceptors (Lipinski definition) is 6. The number of benzene rings is 2. The summed E-state index contributed by atoms with van der Waals surface area (Å²) in [5, 5.41) is 4.96. The summed E-state index contributed by atoms with van der Waals surface area (Å²) in [7, 11) is 3.23. The highest BCUT2D eigenvalue weighted by molar-refractivity contribution is 5.91. The Hall–Kier alpha value is -3.54. The summed E-state index contributed by atoms with van der Waals surface area (Å²) in [6, 6.07) is 17.0. The van der Waals surface area contributed by atoms with Gasteiger partial charge < -0.3 is 18.7 Å². The van der Waals surface area contributed by atoms with Crippen LogP contribution in [0.5, 0.6) is 23.1 Å². The molecule has 0 spiro atoms. The van der Waals surface area contributed by atoms with Crippen molar-refractivity contribution in [3.05, 3.63) is 60.2 Å². The van der Waals surface area contributed by atoms with E-state index in [0.29, 0.717) is 28.8 Å². The number of hydrogen-bond donors (Lipinski definition) is 0. The van der Waals surface area contributed by atoms with Crippen LogP contribution in [0.25, 0.3) is 22.4 Å². The summed E-state index contributed by atoms with van der Waals surface area (Å²) in [5.74, 6) is 2.39. The maximum atomic E-state index is 5.95. The molecule has 6 nitrogen and oxygen atoms in total. The molecule has 0 aliphatic carbocycles. The second kappa shape index (κ2) is 6.99. The summed E-state index contributed by atoms with van der Waals surface area (Å²) in [6.45, 7) is 1.95. The third-order valence-corrected chi connectivity index (χ3v) is 4.28. The predicted octanol–water partition coefficient (Wildman–Crippen LogP) is 5.01. The van der Waals surface area contributed by atoms with Crippen molar-refractivity contribution in [1.29, 1.82) is 0 Å². The highest BCUT2D eigenvalue weighted by atomic mass is 16.5. The van der Waals surface area contributed by atoms with Gasteiger partial charge in [-0.2, -0.15) is 4.98 Å². The summed E-state index contributed by atoms with van der Waals surface area (Å²) in [6.07, 6.45) is 0. The zero-order chi connectivity index (χ0) is 18.8. The van der Waals surface area contributed by atoms with Crippen LogP contribution in [0.4, 0.5) is 0 Å². The number of fused-ring (bicyclic) bond motifs is 1. The lowest BCUT2D eigenvalue weighted by molar-refractivity contribution is 0.371. The summed E-state index contributed by atoms with van der Waals surface area (Å²) < 4.78 is 22.2. The lowest BCUT2D eigenvalue weighted by Crippen LogP contribution is -1.94. The Labute approximate surface area is 156 Å². The van der Waals surface area contributed by atoms with Crippen LogP contribution >= 0.6 is 0 Å². The van der Waals surface area contributed by atoms with Crippen molar-refractivity contribution >= 4 is 11.1 Å². The number of pyridine rings is 1. The molecule has 0 amide bonds. The van der Waals surface area contributed by atoms with E-state index in [9.17, 15) is 0 Å². The Morgan fingerprint density at radius 3 is 2.44 bits per heavy atom. The third kappa shape index (κ3) is 3.06. The maximum absolute atomic E-state index is 5.95. The van der Waals surface area contributed by atoms with Gasteiger partial charge in [-0.3, -0.25) is 0 Å². The summed E-state index contributed by atoms with van der Waals surface area (Å²) >= 11 is 0. The van der Waals surface area contributed by atoms with Crippen molar-refractivity contribution in [2.75, 3.05) is 14.2 Å². The van der Waals surface area contributed by atoms with Crippen LogP contribution in [-0.2, 0) is 0 Å². The molecule has 0 bridgehead atoms. The van der Waals surface area contributed by atoms with Crippen molar-refractivity contribution < 1.29 is 18.7 Å². The van der Waals surface area contributed by atoms with Crippen LogP contribution in [0.2, 0.25) is 0 Å². The Morgan fingerprint density at radius 1 is 0.852 bits per heavy atom. The largest absolute Gasteiger partial charge is 0.496 e. The number of aromatic nitrogens is 2. The van der Waals surface area contributed by atoms with Gasteiger partial charge in [-0.15, -0.1) is 0 Å². The van der Waals surface area contributed by atoms with Gasteiger partial charge in [-0.05, 0) is 36.8 Å². The van der Waals surface area contributed by atoms with E-state index >= 15 is 0 Å². The molecule has 0 aliphatic heterocycles. The lowest BCUT2D eigenvalue weighted by atomic mass is 10.1. The molecule has 0 saturated heterocycles. The first-order valence-electron chi connectivity index (χ1n) is 8.42. The normalized spacial score (nSPS) is 10.8. The van der Waals surface area contributed by atoms with Crippen molar-refractivity contribution in [2.24, 2.45) is 0 Å². The van der Waals surface area contributed by atoms with Crippen LogP contribution in [0.1, 0.15) is 5.56 Å². The van der Waals surface area contributed by atoms with E-state index in [0.717, 1.165) is 22.3 Å². The highest BCUT2D eigenvalue weighted by Gasteiger charge is 2.17. The zero-order valence-corrected chi connectivity index (χ0v) is 15.2. The van der Waals surface area contributed by atoms with Gasteiger partial charge in [0.05, 0.1) is 19.6 Å². The number of nitrogens with zero attached hydrogens (tertiary/aromatic N) is 2. The molecule has 2 heterocycles. The molecule has 0 aliphatic rings. The number of para-hydroxylation sites is 2. The van der Waals surface area contributed by atoms with Gasteiger partial charge in [0.15, 0.2) is 11.5 Å². The van der Waals surface area contributed by atoms with E-state index in [2.05, 4.69) is 10.1 Å². The van der Waals surface area contributed by atoms with E-state index in [1.165, 1.54) is 0 Å². The summed E-state index contributed by atoms with van der Waals surface area (Å²) in [4.78, 5) is 4.44. The number of methoxy groups -OCH3 is 2.